The van der Waals surface area contributed by atoms with Gasteiger partial charge in [0.05, 0.1) is 0 Å². The second-order valence-corrected chi connectivity index (χ2v) is 7.47. The van der Waals surface area contributed by atoms with Crippen molar-refractivity contribution in [1.29, 1.82) is 0 Å². The molecule has 0 spiro atoms. The van der Waals surface area contributed by atoms with Gasteiger partial charge in [0.15, 0.2) is 11.5 Å². The minimum Gasteiger partial charge on any atom is -0.475 e. The smallest absolute Gasteiger partial charge is 0.475 e. The average Bonchev–Trinajstić information content (AvgIpc) is 3.16. The van der Waals surface area contributed by atoms with E-state index in [1.807, 2.05) is 29.2 Å². The van der Waals surface area contributed by atoms with Crippen LogP contribution in [-0.4, -0.2) is 62.7 Å². The summed E-state index contributed by atoms with van der Waals surface area (Å²) >= 11 is 0. The molecule has 1 aromatic carbocycles. The summed E-state index contributed by atoms with van der Waals surface area (Å²) in [5.41, 5.74) is 5.05. The molecule has 31 heavy (non-hydrogen) atoms. The van der Waals surface area contributed by atoms with E-state index in [0.717, 1.165) is 44.2 Å². The van der Waals surface area contributed by atoms with Gasteiger partial charge in [-0.3, -0.25) is 4.90 Å². The number of aromatic nitrogens is 3. The number of benzene rings is 1. The summed E-state index contributed by atoms with van der Waals surface area (Å²) < 4.78 is 33.8. The fraction of sp³-hybridized carbons (Fsp3) is 0.381. The van der Waals surface area contributed by atoms with E-state index in [1.165, 1.54) is 16.7 Å². The number of carboxylic acid groups (broad SMARTS) is 1. The predicted octanol–water partition coefficient (Wildman–Crippen LogP) is 3.30. The molecule has 1 saturated heterocycles. The first-order chi connectivity index (χ1) is 14.6. The van der Waals surface area contributed by atoms with E-state index in [1.54, 1.807) is 0 Å². The number of fused-ring (bicyclic) bond motifs is 1. The maximum Gasteiger partial charge on any atom is 0.490 e. The van der Waals surface area contributed by atoms with Crippen molar-refractivity contribution in [2.24, 2.45) is 0 Å². The third kappa shape index (κ3) is 5.94. The van der Waals surface area contributed by atoms with E-state index >= 15 is 0 Å². The lowest BCUT2D eigenvalue weighted by Crippen LogP contribution is -2.46. The average molecular weight is 435 g/mol. The number of halogens is 3. The molecule has 0 saturated carbocycles. The highest BCUT2D eigenvalue weighted by atomic mass is 19.4. The summed E-state index contributed by atoms with van der Waals surface area (Å²) in [6.07, 6.45) is 2.52. The molecular formula is C21H24F3N5O2. The number of anilines is 1. The standard InChI is InChI=1S/C19H23N5.C2HF3O2/c1-15-11-16(2)13-17(12-15)14-22-7-9-24(10-8-22)19-18-20-3-5-23(18)6-4-21-19;3-2(4,5)1(6)7/h3-6,11-13H,7-10,14H2,1-2H3;(H,6,7). The molecule has 166 valence electrons. The Morgan fingerprint density at radius 2 is 1.55 bits per heavy atom. The van der Waals surface area contributed by atoms with E-state index < -0.39 is 12.1 Å². The molecule has 1 N–H and O–H groups in total. The highest BCUT2D eigenvalue weighted by Crippen LogP contribution is 2.20. The molecule has 3 heterocycles. The zero-order valence-corrected chi connectivity index (χ0v) is 17.3. The van der Waals surface area contributed by atoms with Gasteiger partial charge in [-0.25, -0.2) is 14.8 Å². The molecule has 1 aliphatic heterocycles. The Kier molecular flexibility index (Phi) is 6.79. The molecule has 0 unspecified atom stereocenters. The van der Waals surface area contributed by atoms with Crippen molar-refractivity contribution >= 4 is 17.4 Å². The summed E-state index contributed by atoms with van der Waals surface area (Å²) in [5.74, 6) is -1.76. The van der Waals surface area contributed by atoms with Crippen LogP contribution < -0.4 is 4.90 Å². The number of alkyl halides is 3. The van der Waals surface area contributed by atoms with Crippen LogP contribution in [0.4, 0.5) is 19.0 Å². The van der Waals surface area contributed by atoms with Crippen molar-refractivity contribution in [2.45, 2.75) is 26.6 Å². The van der Waals surface area contributed by atoms with Crippen LogP contribution in [0.5, 0.6) is 0 Å². The topological polar surface area (TPSA) is 74.0 Å². The molecule has 7 nitrogen and oxygen atoms in total. The molecule has 1 fully saturated rings. The number of rotatable bonds is 3. The van der Waals surface area contributed by atoms with Gasteiger partial charge in [-0.15, -0.1) is 0 Å². The third-order valence-electron chi connectivity index (χ3n) is 4.89. The van der Waals surface area contributed by atoms with Crippen LogP contribution in [0.3, 0.4) is 0 Å². The van der Waals surface area contributed by atoms with E-state index in [0.29, 0.717) is 0 Å². The monoisotopic (exact) mass is 435 g/mol. The van der Waals surface area contributed by atoms with Crippen LogP contribution in [0.15, 0.2) is 43.0 Å². The normalized spacial score (nSPS) is 14.9. The Bertz CT molecular complexity index is 1020. The number of nitrogens with zero attached hydrogens (tertiary/aromatic N) is 5. The van der Waals surface area contributed by atoms with Gasteiger partial charge in [0.25, 0.3) is 0 Å². The largest absolute Gasteiger partial charge is 0.490 e. The SMILES string of the molecule is Cc1cc(C)cc(CN2CCN(c3nccn4ccnc34)CC2)c1.O=C(O)C(F)(F)F. The van der Waals surface area contributed by atoms with Gasteiger partial charge in [-0.1, -0.05) is 29.3 Å². The van der Waals surface area contributed by atoms with Crippen LogP contribution in [0.1, 0.15) is 16.7 Å². The van der Waals surface area contributed by atoms with Crippen LogP contribution in [0.2, 0.25) is 0 Å². The van der Waals surface area contributed by atoms with Crippen LogP contribution >= 0.6 is 0 Å². The molecule has 3 aromatic rings. The quantitative estimate of drug-likeness (QED) is 0.681. The molecule has 0 bridgehead atoms. The van der Waals surface area contributed by atoms with Crippen molar-refractivity contribution in [2.75, 3.05) is 31.1 Å². The first-order valence-corrected chi connectivity index (χ1v) is 9.76. The Labute approximate surface area is 177 Å². The second-order valence-electron chi connectivity index (χ2n) is 7.47. The van der Waals surface area contributed by atoms with Gasteiger partial charge in [-0.05, 0) is 19.4 Å². The Balaban J connectivity index is 0.000000339. The molecule has 0 atom stereocenters. The molecular weight excluding hydrogens is 411 g/mol. The van der Waals surface area contributed by atoms with Crippen LogP contribution in [-0.2, 0) is 11.3 Å². The first-order valence-electron chi connectivity index (χ1n) is 9.76. The van der Waals surface area contributed by atoms with Gasteiger partial charge in [0.1, 0.15) is 0 Å². The molecule has 0 aliphatic carbocycles. The summed E-state index contributed by atoms with van der Waals surface area (Å²) in [7, 11) is 0. The molecule has 10 heteroatoms. The lowest BCUT2D eigenvalue weighted by atomic mass is 10.1. The number of aliphatic carboxylic acids is 1. The third-order valence-corrected chi connectivity index (χ3v) is 4.89. The number of imidazole rings is 1. The number of aryl methyl sites for hydroxylation is 2. The molecule has 0 amide bonds. The lowest BCUT2D eigenvalue weighted by Gasteiger charge is -2.35. The summed E-state index contributed by atoms with van der Waals surface area (Å²) in [6, 6.07) is 6.83. The van der Waals surface area contributed by atoms with Crippen LogP contribution in [0, 0.1) is 13.8 Å². The number of hydrogen-bond acceptors (Lipinski definition) is 5. The number of hydrogen-bond donors (Lipinski definition) is 1. The van der Waals surface area contributed by atoms with Crippen molar-refractivity contribution in [3.63, 3.8) is 0 Å². The maximum atomic E-state index is 10.6. The van der Waals surface area contributed by atoms with Crippen LogP contribution in [0.25, 0.3) is 5.65 Å². The number of carbonyl (C=O) groups is 1. The summed E-state index contributed by atoms with van der Waals surface area (Å²) in [6.45, 7) is 9.45. The Hall–Kier alpha value is -3.14. The Morgan fingerprint density at radius 3 is 2.10 bits per heavy atom. The first kappa shape index (κ1) is 22.5. The van der Waals surface area contributed by atoms with Gasteiger partial charge in [0.2, 0.25) is 0 Å². The molecule has 4 rings (SSSR count). The number of carboxylic acids is 1. The fourth-order valence-corrected chi connectivity index (χ4v) is 3.60. The highest BCUT2D eigenvalue weighted by molar-refractivity contribution is 5.73. The van der Waals surface area contributed by atoms with E-state index in [2.05, 4.69) is 51.8 Å². The molecule has 0 radical (unpaired) electrons. The zero-order valence-electron chi connectivity index (χ0n) is 17.3. The molecule has 2 aromatic heterocycles. The highest BCUT2D eigenvalue weighted by Gasteiger charge is 2.38. The van der Waals surface area contributed by atoms with Crippen molar-refractivity contribution in [1.82, 2.24) is 19.3 Å². The van der Waals surface area contributed by atoms with Gasteiger partial charge >= 0.3 is 12.1 Å². The molecule has 1 aliphatic rings. The van der Waals surface area contributed by atoms with E-state index in [9.17, 15) is 13.2 Å². The number of piperazine rings is 1. The minimum atomic E-state index is -5.08. The maximum absolute atomic E-state index is 10.6. The Morgan fingerprint density at radius 1 is 1.00 bits per heavy atom. The van der Waals surface area contributed by atoms with Gasteiger partial charge < -0.3 is 14.4 Å². The van der Waals surface area contributed by atoms with Gasteiger partial charge in [-0.2, -0.15) is 13.2 Å². The fourth-order valence-electron chi connectivity index (χ4n) is 3.60. The summed E-state index contributed by atoms with van der Waals surface area (Å²) in [5, 5.41) is 7.12. The van der Waals surface area contributed by atoms with Crippen molar-refractivity contribution in [3.05, 3.63) is 59.7 Å². The van der Waals surface area contributed by atoms with E-state index in [4.69, 9.17) is 9.90 Å². The van der Waals surface area contributed by atoms with Gasteiger partial charge in [0, 0.05) is 57.5 Å². The minimum absolute atomic E-state index is 0.945. The van der Waals surface area contributed by atoms with Crippen molar-refractivity contribution < 1.29 is 23.1 Å². The predicted molar refractivity (Wildman–Crippen MR) is 110 cm³/mol. The summed E-state index contributed by atoms with van der Waals surface area (Å²) in [4.78, 5) is 22.8. The zero-order chi connectivity index (χ0) is 22.6. The van der Waals surface area contributed by atoms with Crippen molar-refractivity contribution in [3.8, 4) is 0 Å². The lowest BCUT2D eigenvalue weighted by molar-refractivity contribution is -0.192. The second kappa shape index (κ2) is 9.34. The van der Waals surface area contributed by atoms with E-state index in [-0.39, 0.29) is 0 Å².